The fourth-order valence-corrected chi connectivity index (χ4v) is 1.77. The maximum atomic E-state index is 8.59. The molecule has 0 radical (unpaired) electrons. The van der Waals surface area contributed by atoms with Crippen LogP contribution in [0.1, 0.15) is 38.5 Å². The normalized spacial score (nSPS) is 8.90. The van der Waals surface area contributed by atoms with Crippen molar-refractivity contribution in [2.45, 2.75) is 38.5 Å². The standard InChI is InChI=1S/C13H20N4O2.C5H12O2.C3H3N/c14-4-1-7-17(8-12-18-10-2-5-15)9-13-19-11-3-6-16;6-4-2-1-3-5-7;1-2-3-4/h1-3,7-13H2;6-7H,1-5H2;2H,1H2. The van der Waals surface area contributed by atoms with E-state index < -0.39 is 0 Å². The van der Waals surface area contributed by atoms with Gasteiger partial charge in [-0.2, -0.15) is 21.0 Å². The molecule has 168 valence electrons. The Morgan fingerprint density at radius 2 is 1.13 bits per heavy atom. The number of allylic oxidation sites excluding steroid dienone is 1. The fourth-order valence-electron chi connectivity index (χ4n) is 1.77. The van der Waals surface area contributed by atoms with Crippen LogP contribution in [-0.2, 0) is 9.47 Å². The summed E-state index contributed by atoms with van der Waals surface area (Å²) in [6, 6.07) is 7.84. The van der Waals surface area contributed by atoms with Crippen LogP contribution in [0.2, 0.25) is 0 Å². The van der Waals surface area contributed by atoms with Gasteiger partial charge < -0.3 is 19.7 Å². The molecule has 0 aliphatic rings. The summed E-state index contributed by atoms with van der Waals surface area (Å²) >= 11 is 0. The topological polar surface area (TPSA) is 157 Å². The molecule has 0 atom stereocenters. The second-order valence-electron chi connectivity index (χ2n) is 5.63. The third-order valence-electron chi connectivity index (χ3n) is 3.27. The number of unbranched alkanes of at least 4 members (excludes halogenated alkanes) is 2. The minimum Gasteiger partial charge on any atom is -0.396 e. The number of ether oxygens (including phenoxy) is 2. The summed E-state index contributed by atoms with van der Waals surface area (Å²) in [6.45, 7) is 7.72. The molecular formula is C21H35N5O4. The Hall–Kier alpha value is -2.50. The molecule has 0 aliphatic heterocycles. The van der Waals surface area contributed by atoms with Crippen molar-refractivity contribution in [1.29, 1.82) is 21.0 Å². The molecule has 0 bridgehead atoms. The Kier molecular flexibility index (Phi) is 36.5. The van der Waals surface area contributed by atoms with Crippen molar-refractivity contribution in [3.05, 3.63) is 12.7 Å². The Morgan fingerprint density at radius 1 is 0.700 bits per heavy atom. The van der Waals surface area contributed by atoms with Crippen molar-refractivity contribution in [3.8, 4) is 24.3 Å². The summed E-state index contributed by atoms with van der Waals surface area (Å²) in [5, 5.41) is 49.2. The molecule has 0 aromatic carbocycles. The zero-order valence-electron chi connectivity index (χ0n) is 17.8. The molecule has 0 fully saturated rings. The fraction of sp³-hybridized carbons (Fsp3) is 0.714. The first-order valence-electron chi connectivity index (χ1n) is 9.89. The summed E-state index contributed by atoms with van der Waals surface area (Å²) < 4.78 is 10.6. The van der Waals surface area contributed by atoms with Gasteiger partial charge in [-0.15, -0.1) is 0 Å². The second-order valence-corrected chi connectivity index (χ2v) is 5.63. The Bertz CT molecular complexity index is 489. The number of nitrogens with zero attached hydrogens (tertiary/aromatic N) is 5. The second kappa shape index (κ2) is 34.0. The molecule has 0 aliphatic carbocycles. The highest BCUT2D eigenvalue weighted by Crippen LogP contribution is 1.94. The van der Waals surface area contributed by atoms with Gasteiger partial charge >= 0.3 is 0 Å². The van der Waals surface area contributed by atoms with Crippen LogP contribution in [0.15, 0.2) is 12.7 Å². The number of aliphatic hydroxyl groups is 2. The Labute approximate surface area is 181 Å². The first-order valence-corrected chi connectivity index (χ1v) is 9.89. The van der Waals surface area contributed by atoms with Crippen LogP contribution in [0.3, 0.4) is 0 Å². The van der Waals surface area contributed by atoms with Gasteiger partial charge in [0, 0.05) is 45.3 Å². The number of rotatable bonds is 16. The van der Waals surface area contributed by atoms with E-state index in [9.17, 15) is 0 Å². The monoisotopic (exact) mass is 421 g/mol. The van der Waals surface area contributed by atoms with E-state index in [1.54, 1.807) is 6.07 Å². The molecular weight excluding hydrogens is 386 g/mol. The van der Waals surface area contributed by atoms with Gasteiger partial charge in [0.2, 0.25) is 0 Å². The third kappa shape index (κ3) is 36.4. The maximum absolute atomic E-state index is 8.59. The molecule has 2 N–H and O–H groups in total. The van der Waals surface area contributed by atoms with Gasteiger partial charge in [-0.1, -0.05) is 6.58 Å². The van der Waals surface area contributed by atoms with E-state index >= 15 is 0 Å². The molecule has 0 spiro atoms. The van der Waals surface area contributed by atoms with Crippen molar-refractivity contribution in [3.63, 3.8) is 0 Å². The van der Waals surface area contributed by atoms with Gasteiger partial charge in [-0.3, -0.25) is 4.90 Å². The van der Waals surface area contributed by atoms with E-state index in [0.717, 1.165) is 19.3 Å². The first kappa shape index (κ1) is 32.2. The van der Waals surface area contributed by atoms with E-state index in [1.807, 2.05) is 12.1 Å². The highest BCUT2D eigenvalue weighted by molar-refractivity contribution is 4.93. The lowest BCUT2D eigenvalue weighted by Gasteiger charge is -2.20. The van der Waals surface area contributed by atoms with Gasteiger partial charge in [0.25, 0.3) is 0 Å². The quantitative estimate of drug-likeness (QED) is 0.280. The molecule has 9 nitrogen and oxygen atoms in total. The Morgan fingerprint density at radius 3 is 1.47 bits per heavy atom. The van der Waals surface area contributed by atoms with Crippen molar-refractivity contribution in [2.75, 3.05) is 59.3 Å². The number of hydrogen-bond donors (Lipinski definition) is 2. The molecule has 0 rings (SSSR count). The summed E-state index contributed by atoms with van der Waals surface area (Å²) in [7, 11) is 0. The summed E-state index contributed by atoms with van der Waals surface area (Å²) in [5.41, 5.74) is 0. The summed E-state index contributed by atoms with van der Waals surface area (Å²) in [5.74, 6) is 0. The van der Waals surface area contributed by atoms with E-state index in [4.69, 9.17) is 40.7 Å². The largest absolute Gasteiger partial charge is 0.396 e. The average molecular weight is 422 g/mol. The lowest BCUT2D eigenvalue weighted by atomic mass is 10.2. The van der Waals surface area contributed by atoms with Crippen LogP contribution in [0.25, 0.3) is 0 Å². The van der Waals surface area contributed by atoms with E-state index in [2.05, 4.69) is 17.5 Å². The molecule has 9 heteroatoms. The molecule has 0 saturated carbocycles. The maximum Gasteiger partial charge on any atom is 0.0905 e. The molecule has 0 unspecified atom stereocenters. The SMILES string of the molecule is C=CC#N.N#CCCOCCN(CCC#N)CCOCCC#N.OCCCCCO. The minimum atomic E-state index is 0.250. The van der Waals surface area contributed by atoms with Crippen LogP contribution in [-0.4, -0.2) is 74.4 Å². The first-order chi connectivity index (χ1) is 14.7. The molecule has 0 saturated heterocycles. The predicted octanol–water partition coefficient (Wildman–Crippen LogP) is 1.90. The number of nitriles is 4. The number of aliphatic hydroxyl groups excluding tert-OH is 2. The van der Waals surface area contributed by atoms with Crippen LogP contribution in [0.5, 0.6) is 0 Å². The third-order valence-corrected chi connectivity index (χ3v) is 3.27. The van der Waals surface area contributed by atoms with Gasteiger partial charge in [0.1, 0.15) is 0 Å². The van der Waals surface area contributed by atoms with Crippen LogP contribution < -0.4 is 0 Å². The van der Waals surface area contributed by atoms with Crippen molar-refractivity contribution >= 4 is 0 Å². The Balaban J connectivity index is -0.000000543. The highest BCUT2D eigenvalue weighted by Gasteiger charge is 2.04. The van der Waals surface area contributed by atoms with Crippen LogP contribution in [0.4, 0.5) is 0 Å². The minimum absolute atomic E-state index is 0.250. The van der Waals surface area contributed by atoms with Gasteiger partial charge in [0.05, 0.1) is 63.5 Å². The lowest BCUT2D eigenvalue weighted by Crippen LogP contribution is -2.32. The molecule has 0 aromatic rings. The van der Waals surface area contributed by atoms with Crippen LogP contribution in [0, 0.1) is 45.3 Å². The lowest BCUT2D eigenvalue weighted by molar-refractivity contribution is 0.0788. The average Bonchev–Trinajstić information content (AvgIpc) is 2.77. The van der Waals surface area contributed by atoms with E-state index in [0.29, 0.717) is 65.3 Å². The van der Waals surface area contributed by atoms with E-state index in [1.165, 1.54) is 6.08 Å². The highest BCUT2D eigenvalue weighted by atomic mass is 16.5. The van der Waals surface area contributed by atoms with Gasteiger partial charge in [-0.25, -0.2) is 0 Å². The van der Waals surface area contributed by atoms with Gasteiger partial charge in [0.15, 0.2) is 0 Å². The van der Waals surface area contributed by atoms with Gasteiger partial charge in [-0.05, 0) is 19.3 Å². The molecule has 30 heavy (non-hydrogen) atoms. The zero-order chi connectivity index (χ0) is 23.1. The predicted molar refractivity (Wildman–Crippen MR) is 113 cm³/mol. The van der Waals surface area contributed by atoms with E-state index in [-0.39, 0.29) is 13.2 Å². The van der Waals surface area contributed by atoms with Crippen molar-refractivity contribution in [1.82, 2.24) is 4.90 Å². The zero-order valence-corrected chi connectivity index (χ0v) is 17.8. The smallest absolute Gasteiger partial charge is 0.0905 e. The molecule has 0 heterocycles. The van der Waals surface area contributed by atoms with Crippen molar-refractivity contribution in [2.24, 2.45) is 0 Å². The van der Waals surface area contributed by atoms with Crippen molar-refractivity contribution < 1.29 is 19.7 Å². The molecule has 0 amide bonds. The summed E-state index contributed by atoms with van der Waals surface area (Å²) in [6.07, 6.45) is 5.02. The van der Waals surface area contributed by atoms with Crippen LogP contribution >= 0.6 is 0 Å². The summed E-state index contributed by atoms with van der Waals surface area (Å²) in [4.78, 5) is 2.09. The molecule has 0 aromatic heterocycles. The number of hydrogen-bond acceptors (Lipinski definition) is 9.